The molecule has 0 N–H and O–H groups in total. The monoisotopic (exact) mass is 194 g/mol. The van der Waals surface area contributed by atoms with Crippen LogP contribution in [0.4, 0.5) is 0 Å². The van der Waals surface area contributed by atoms with Crippen LogP contribution in [0, 0.1) is 0 Å². The lowest BCUT2D eigenvalue weighted by atomic mass is 10.4. The number of alkyl halides is 1. The van der Waals surface area contributed by atoms with Gasteiger partial charge in [-0.05, 0) is 12.1 Å². The third-order valence-corrected chi connectivity index (χ3v) is 2.03. The summed E-state index contributed by atoms with van der Waals surface area (Å²) in [6, 6.07) is 6.84. The number of rotatable bonds is 1. The second-order valence-electron chi connectivity index (χ2n) is 2.65. The van der Waals surface area contributed by atoms with Crippen LogP contribution in [0.1, 0.15) is 5.69 Å². The first-order valence-electron chi connectivity index (χ1n) is 3.84. The molecule has 0 aliphatic carbocycles. The van der Waals surface area contributed by atoms with Crippen LogP contribution in [0.5, 0.6) is 0 Å². The van der Waals surface area contributed by atoms with Crippen molar-refractivity contribution in [2.75, 3.05) is 0 Å². The zero-order valence-electron chi connectivity index (χ0n) is 6.77. The van der Waals surface area contributed by atoms with Crippen molar-refractivity contribution in [1.29, 1.82) is 0 Å². The number of hydrogen-bond acceptors (Lipinski definition) is 2. The molecule has 13 heavy (non-hydrogen) atoms. The van der Waals surface area contributed by atoms with E-state index >= 15 is 0 Å². The van der Waals surface area contributed by atoms with E-state index in [9.17, 15) is 4.79 Å². The maximum Gasteiger partial charge on any atom is 0.258 e. The van der Waals surface area contributed by atoms with Crippen LogP contribution in [0.3, 0.4) is 0 Å². The summed E-state index contributed by atoms with van der Waals surface area (Å²) < 4.78 is 1.48. The number of halogens is 1. The molecule has 0 unspecified atom stereocenters. The van der Waals surface area contributed by atoms with Gasteiger partial charge in [0.1, 0.15) is 5.65 Å². The third-order valence-electron chi connectivity index (χ3n) is 1.76. The van der Waals surface area contributed by atoms with Gasteiger partial charge < -0.3 is 0 Å². The van der Waals surface area contributed by atoms with E-state index in [-0.39, 0.29) is 11.4 Å². The van der Waals surface area contributed by atoms with Gasteiger partial charge in [0.05, 0.1) is 11.6 Å². The highest BCUT2D eigenvalue weighted by atomic mass is 35.5. The summed E-state index contributed by atoms with van der Waals surface area (Å²) >= 11 is 5.59. The van der Waals surface area contributed by atoms with E-state index in [1.165, 1.54) is 10.5 Å². The highest BCUT2D eigenvalue weighted by molar-refractivity contribution is 6.16. The molecule has 4 heteroatoms. The molecule has 0 aliphatic rings. The minimum atomic E-state index is -0.0961. The third kappa shape index (κ3) is 1.42. The molecule has 0 saturated heterocycles. The van der Waals surface area contributed by atoms with Gasteiger partial charge in [-0.15, -0.1) is 11.6 Å². The fraction of sp³-hybridized carbons (Fsp3) is 0.111. The van der Waals surface area contributed by atoms with Gasteiger partial charge in [0.2, 0.25) is 0 Å². The first kappa shape index (κ1) is 8.26. The lowest BCUT2D eigenvalue weighted by Gasteiger charge is -1.99. The summed E-state index contributed by atoms with van der Waals surface area (Å²) in [5.41, 5.74) is 1.14. The SMILES string of the molecule is O=c1cc(CCl)nc2ccccn12. The maximum absolute atomic E-state index is 11.4. The molecular formula is C9H7ClN2O. The molecule has 2 rings (SSSR count). The van der Waals surface area contributed by atoms with Crippen LogP contribution in [-0.2, 0) is 5.88 Å². The van der Waals surface area contributed by atoms with Crippen molar-refractivity contribution >= 4 is 17.2 Å². The molecule has 0 amide bonds. The van der Waals surface area contributed by atoms with Crippen molar-refractivity contribution in [2.45, 2.75) is 5.88 Å². The Kier molecular flexibility index (Phi) is 2.02. The molecule has 0 saturated carbocycles. The second kappa shape index (κ2) is 3.18. The fourth-order valence-corrected chi connectivity index (χ4v) is 1.31. The van der Waals surface area contributed by atoms with Crippen LogP contribution in [-0.4, -0.2) is 9.38 Å². The van der Waals surface area contributed by atoms with Crippen LogP contribution in [0.25, 0.3) is 5.65 Å². The Bertz CT molecular complexity index is 492. The van der Waals surface area contributed by atoms with E-state index in [2.05, 4.69) is 4.98 Å². The van der Waals surface area contributed by atoms with Gasteiger partial charge in [0.25, 0.3) is 5.56 Å². The minimum absolute atomic E-state index is 0.0961. The Morgan fingerprint density at radius 1 is 1.46 bits per heavy atom. The fourth-order valence-electron chi connectivity index (χ4n) is 1.17. The number of pyridine rings is 1. The predicted molar refractivity (Wildman–Crippen MR) is 51.0 cm³/mol. The second-order valence-corrected chi connectivity index (χ2v) is 2.92. The first-order chi connectivity index (χ1) is 6.31. The Hall–Kier alpha value is -1.35. The van der Waals surface area contributed by atoms with E-state index in [1.807, 2.05) is 6.07 Å². The molecule has 0 radical (unpaired) electrons. The van der Waals surface area contributed by atoms with E-state index in [0.29, 0.717) is 11.3 Å². The van der Waals surface area contributed by atoms with Crippen LogP contribution in [0.2, 0.25) is 0 Å². The molecule has 2 heterocycles. The van der Waals surface area contributed by atoms with Crippen LogP contribution >= 0.6 is 11.6 Å². The van der Waals surface area contributed by atoms with Crippen molar-refractivity contribution in [2.24, 2.45) is 0 Å². The average Bonchev–Trinajstić information content (AvgIpc) is 2.18. The summed E-state index contributed by atoms with van der Waals surface area (Å²) in [7, 11) is 0. The normalized spacial score (nSPS) is 10.5. The van der Waals surface area contributed by atoms with E-state index in [1.54, 1.807) is 18.3 Å². The van der Waals surface area contributed by atoms with Gasteiger partial charge in [-0.1, -0.05) is 6.07 Å². The Labute approximate surface area is 79.6 Å². The van der Waals surface area contributed by atoms with Gasteiger partial charge in [-0.3, -0.25) is 9.20 Å². The van der Waals surface area contributed by atoms with Crippen LogP contribution in [0.15, 0.2) is 35.3 Å². The lowest BCUT2D eigenvalue weighted by molar-refractivity contribution is 1.01. The zero-order valence-corrected chi connectivity index (χ0v) is 7.53. The Balaban J connectivity index is 2.85. The maximum atomic E-state index is 11.4. The van der Waals surface area contributed by atoms with E-state index < -0.39 is 0 Å². The summed E-state index contributed by atoms with van der Waals surface area (Å²) in [6.07, 6.45) is 1.68. The van der Waals surface area contributed by atoms with E-state index in [4.69, 9.17) is 11.6 Å². The number of nitrogens with zero attached hydrogens (tertiary/aromatic N) is 2. The predicted octanol–water partition coefficient (Wildman–Crippen LogP) is 1.43. The standard InChI is InChI=1S/C9H7ClN2O/c10-6-7-5-9(13)12-4-2-1-3-8(12)11-7/h1-5H,6H2. The van der Waals surface area contributed by atoms with Crippen molar-refractivity contribution in [1.82, 2.24) is 9.38 Å². The van der Waals surface area contributed by atoms with Crippen molar-refractivity contribution < 1.29 is 0 Å². The highest BCUT2D eigenvalue weighted by Gasteiger charge is 1.98. The van der Waals surface area contributed by atoms with Crippen molar-refractivity contribution in [3.8, 4) is 0 Å². The molecule has 0 aromatic carbocycles. The molecule has 0 aliphatic heterocycles. The van der Waals surface area contributed by atoms with Gasteiger partial charge in [0.15, 0.2) is 0 Å². The lowest BCUT2D eigenvalue weighted by Crippen LogP contribution is -2.14. The molecule has 2 aromatic rings. The Morgan fingerprint density at radius 3 is 3.08 bits per heavy atom. The number of hydrogen-bond donors (Lipinski definition) is 0. The summed E-state index contributed by atoms with van der Waals surface area (Å²) in [4.78, 5) is 15.6. The van der Waals surface area contributed by atoms with Crippen molar-refractivity contribution in [3.05, 3.63) is 46.5 Å². The minimum Gasteiger partial charge on any atom is -0.269 e. The molecule has 0 bridgehead atoms. The van der Waals surface area contributed by atoms with Gasteiger partial charge in [-0.2, -0.15) is 0 Å². The quantitative estimate of drug-likeness (QED) is 0.644. The van der Waals surface area contributed by atoms with E-state index in [0.717, 1.165) is 0 Å². The van der Waals surface area contributed by atoms with Gasteiger partial charge in [0, 0.05) is 12.3 Å². The number of aromatic nitrogens is 2. The molecule has 66 valence electrons. The molecule has 3 nitrogen and oxygen atoms in total. The topological polar surface area (TPSA) is 34.4 Å². The number of fused-ring (bicyclic) bond motifs is 1. The molecule has 0 fully saturated rings. The first-order valence-corrected chi connectivity index (χ1v) is 4.38. The molecule has 2 aromatic heterocycles. The molecular weight excluding hydrogens is 188 g/mol. The highest BCUT2D eigenvalue weighted by Crippen LogP contribution is 2.00. The summed E-state index contributed by atoms with van der Waals surface area (Å²) in [5, 5.41) is 0. The van der Waals surface area contributed by atoms with Crippen LogP contribution < -0.4 is 5.56 Å². The van der Waals surface area contributed by atoms with Crippen molar-refractivity contribution in [3.63, 3.8) is 0 Å². The molecule has 0 atom stereocenters. The summed E-state index contributed by atoms with van der Waals surface area (Å²) in [6.45, 7) is 0. The summed E-state index contributed by atoms with van der Waals surface area (Å²) in [5.74, 6) is 0.265. The molecule has 0 spiro atoms. The largest absolute Gasteiger partial charge is 0.269 e. The smallest absolute Gasteiger partial charge is 0.258 e. The van der Waals surface area contributed by atoms with Gasteiger partial charge >= 0.3 is 0 Å². The van der Waals surface area contributed by atoms with Gasteiger partial charge in [-0.25, -0.2) is 4.98 Å². The zero-order chi connectivity index (χ0) is 9.26. The Morgan fingerprint density at radius 2 is 2.31 bits per heavy atom. The average molecular weight is 195 g/mol.